The summed E-state index contributed by atoms with van der Waals surface area (Å²) in [5.74, 6) is 8.10. The van der Waals surface area contributed by atoms with E-state index in [1.54, 1.807) is 36.4 Å². The normalized spacial score (nSPS) is 11.8. The Bertz CT molecular complexity index is 1130. The fraction of sp³-hybridized carbons (Fsp3) is 0.333. The highest BCUT2D eigenvalue weighted by atomic mass is 35.5. The molecule has 2 N–H and O–H groups in total. The van der Waals surface area contributed by atoms with Crippen molar-refractivity contribution >= 4 is 33.4 Å². The molecule has 0 atom stereocenters. The minimum absolute atomic E-state index is 0.204. The number of ether oxygens (including phenoxy) is 1. The molecule has 8 nitrogen and oxygen atoms in total. The van der Waals surface area contributed by atoms with Crippen molar-refractivity contribution in [1.29, 1.82) is 0 Å². The molecule has 11 heteroatoms. The molecule has 0 spiro atoms. The number of nitrogens with zero attached hydrogens (tertiary/aromatic N) is 4. The zero-order valence-electron chi connectivity index (χ0n) is 17.9. The van der Waals surface area contributed by atoms with Crippen LogP contribution in [-0.4, -0.2) is 53.0 Å². The number of sulfonamides is 1. The highest BCUT2D eigenvalue weighted by Gasteiger charge is 2.23. The Kier molecular flexibility index (Phi) is 8.41. The summed E-state index contributed by atoms with van der Waals surface area (Å²) in [6.45, 7) is 4.97. The van der Waals surface area contributed by atoms with Crippen LogP contribution < -0.4 is 10.6 Å². The largest absolute Gasteiger partial charge is 0.494 e. The maximum absolute atomic E-state index is 12.8. The van der Waals surface area contributed by atoms with Gasteiger partial charge in [0.1, 0.15) is 5.75 Å². The molecule has 0 aliphatic carbocycles. The summed E-state index contributed by atoms with van der Waals surface area (Å²) in [6.07, 6.45) is 0.785. The Hall–Kier alpha value is -2.27. The van der Waals surface area contributed by atoms with E-state index >= 15 is 0 Å². The lowest BCUT2D eigenvalue weighted by atomic mass is 10.2. The van der Waals surface area contributed by atoms with Gasteiger partial charge < -0.3 is 10.6 Å². The van der Waals surface area contributed by atoms with Crippen molar-refractivity contribution in [3.05, 3.63) is 53.6 Å². The molecular weight excluding hydrogens is 470 g/mol. The number of halogens is 1. The minimum Gasteiger partial charge on any atom is -0.494 e. The maximum Gasteiger partial charge on any atom is 0.243 e. The van der Waals surface area contributed by atoms with E-state index in [-0.39, 0.29) is 4.90 Å². The number of aromatic nitrogens is 3. The van der Waals surface area contributed by atoms with Gasteiger partial charge in [-0.05, 0) is 42.8 Å². The second-order valence-corrected chi connectivity index (χ2v) is 10.2. The van der Waals surface area contributed by atoms with E-state index in [9.17, 15) is 8.42 Å². The number of rotatable bonds is 11. The molecule has 172 valence electrons. The molecule has 0 amide bonds. The molecule has 3 rings (SSSR count). The van der Waals surface area contributed by atoms with Crippen LogP contribution in [0, 0.1) is 0 Å². The van der Waals surface area contributed by atoms with Crippen molar-refractivity contribution in [1.82, 2.24) is 19.2 Å². The standard InChI is InChI=1S/C21H26ClN5O3S2/c1-3-26(4-2)32(28,29)19-8-5-7-16(15-19)20-24-25-21(27(20)23)31-14-6-13-30-18-11-9-17(22)10-12-18/h5,7-12,15H,3-4,6,13-14,23H2,1-2H3. The lowest BCUT2D eigenvalue weighted by Crippen LogP contribution is -2.30. The van der Waals surface area contributed by atoms with Crippen LogP contribution in [0.5, 0.6) is 5.75 Å². The number of benzene rings is 2. The first-order valence-corrected chi connectivity index (χ1v) is 13.0. The van der Waals surface area contributed by atoms with E-state index in [4.69, 9.17) is 22.2 Å². The highest BCUT2D eigenvalue weighted by molar-refractivity contribution is 7.99. The minimum atomic E-state index is -3.57. The molecule has 2 aromatic carbocycles. The third kappa shape index (κ3) is 5.74. The lowest BCUT2D eigenvalue weighted by Gasteiger charge is -2.18. The Labute approximate surface area is 197 Å². The Morgan fingerprint density at radius 1 is 1.12 bits per heavy atom. The Morgan fingerprint density at radius 3 is 2.53 bits per heavy atom. The first-order chi connectivity index (χ1) is 15.4. The molecule has 0 bridgehead atoms. The average molecular weight is 496 g/mol. The zero-order chi connectivity index (χ0) is 23.1. The summed E-state index contributed by atoms with van der Waals surface area (Å²) in [4.78, 5) is 0.204. The van der Waals surface area contributed by atoms with Gasteiger partial charge in [-0.25, -0.2) is 13.1 Å². The van der Waals surface area contributed by atoms with E-state index in [0.29, 0.717) is 41.3 Å². The van der Waals surface area contributed by atoms with Crippen molar-refractivity contribution in [2.75, 3.05) is 31.3 Å². The van der Waals surface area contributed by atoms with E-state index in [1.807, 2.05) is 26.0 Å². The number of thioether (sulfide) groups is 1. The summed E-state index contributed by atoms with van der Waals surface area (Å²) >= 11 is 7.32. The molecule has 0 unspecified atom stereocenters. The van der Waals surface area contributed by atoms with Crippen LogP contribution in [0.2, 0.25) is 5.02 Å². The molecule has 1 aromatic heterocycles. The second kappa shape index (κ2) is 11.0. The van der Waals surface area contributed by atoms with Crippen LogP contribution in [0.15, 0.2) is 58.6 Å². The van der Waals surface area contributed by atoms with E-state index in [2.05, 4.69) is 10.2 Å². The van der Waals surface area contributed by atoms with Gasteiger partial charge >= 0.3 is 0 Å². The van der Waals surface area contributed by atoms with E-state index in [0.717, 1.165) is 17.9 Å². The number of nitrogens with two attached hydrogens (primary N) is 1. The molecule has 0 aliphatic heterocycles. The first-order valence-electron chi connectivity index (χ1n) is 10.2. The first kappa shape index (κ1) is 24.4. The Balaban J connectivity index is 1.62. The summed E-state index contributed by atoms with van der Waals surface area (Å²) in [5, 5.41) is 9.53. The number of hydrogen-bond acceptors (Lipinski definition) is 7. The van der Waals surface area contributed by atoms with Crippen LogP contribution in [0.4, 0.5) is 0 Å². The highest BCUT2D eigenvalue weighted by Crippen LogP contribution is 2.25. The smallest absolute Gasteiger partial charge is 0.243 e. The van der Waals surface area contributed by atoms with Crippen molar-refractivity contribution in [2.45, 2.75) is 30.3 Å². The van der Waals surface area contributed by atoms with Crippen LogP contribution in [0.3, 0.4) is 0 Å². The van der Waals surface area contributed by atoms with Gasteiger partial charge in [0.2, 0.25) is 15.2 Å². The summed E-state index contributed by atoms with van der Waals surface area (Å²) in [5.41, 5.74) is 0.589. The van der Waals surface area contributed by atoms with Gasteiger partial charge in [-0.3, -0.25) is 0 Å². The average Bonchev–Trinajstić information content (AvgIpc) is 3.16. The van der Waals surface area contributed by atoms with Gasteiger partial charge in [-0.1, -0.05) is 49.3 Å². The number of nitrogen functional groups attached to an aromatic ring is 1. The Morgan fingerprint density at radius 2 is 1.84 bits per heavy atom. The second-order valence-electron chi connectivity index (χ2n) is 6.80. The molecule has 3 aromatic rings. The van der Waals surface area contributed by atoms with Crippen LogP contribution in [-0.2, 0) is 10.0 Å². The molecule has 0 saturated carbocycles. The predicted molar refractivity (Wildman–Crippen MR) is 128 cm³/mol. The summed E-state index contributed by atoms with van der Waals surface area (Å²) in [6, 6.07) is 13.8. The van der Waals surface area contributed by atoms with Crippen molar-refractivity contribution in [3.8, 4) is 17.1 Å². The van der Waals surface area contributed by atoms with Crippen molar-refractivity contribution in [3.63, 3.8) is 0 Å². The fourth-order valence-electron chi connectivity index (χ4n) is 3.02. The van der Waals surface area contributed by atoms with Gasteiger partial charge in [-0.15, -0.1) is 10.2 Å². The predicted octanol–water partition coefficient (Wildman–Crippen LogP) is 3.90. The van der Waals surface area contributed by atoms with E-state index < -0.39 is 10.0 Å². The van der Waals surface area contributed by atoms with Gasteiger partial charge in [0, 0.05) is 29.4 Å². The molecular formula is C21H26ClN5O3S2. The summed E-state index contributed by atoms with van der Waals surface area (Å²) < 4.78 is 34.1. The van der Waals surface area contributed by atoms with Gasteiger partial charge in [-0.2, -0.15) is 4.31 Å². The van der Waals surface area contributed by atoms with Gasteiger partial charge in [0.15, 0.2) is 5.82 Å². The SMILES string of the molecule is CCN(CC)S(=O)(=O)c1cccc(-c2nnc(SCCCOc3ccc(Cl)cc3)n2N)c1. The topological polar surface area (TPSA) is 103 Å². The molecule has 1 heterocycles. The van der Waals surface area contributed by atoms with E-state index in [1.165, 1.54) is 20.7 Å². The molecule has 0 aliphatic rings. The maximum atomic E-state index is 12.8. The molecule has 0 saturated heterocycles. The van der Waals surface area contributed by atoms with Gasteiger partial charge in [0.05, 0.1) is 11.5 Å². The van der Waals surface area contributed by atoms with Crippen LogP contribution in [0.25, 0.3) is 11.4 Å². The quantitative estimate of drug-likeness (QED) is 0.244. The zero-order valence-corrected chi connectivity index (χ0v) is 20.3. The third-order valence-electron chi connectivity index (χ3n) is 4.70. The van der Waals surface area contributed by atoms with Crippen LogP contribution >= 0.6 is 23.4 Å². The lowest BCUT2D eigenvalue weighted by molar-refractivity contribution is 0.318. The molecule has 0 radical (unpaired) electrons. The van der Waals surface area contributed by atoms with Crippen molar-refractivity contribution < 1.29 is 13.2 Å². The summed E-state index contributed by atoms with van der Waals surface area (Å²) in [7, 11) is -3.57. The molecule has 0 fully saturated rings. The van der Waals surface area contributed by atoms with Gasteiger partial charge in [0.25, 0.3) is 0 Å². The third-order valence-corrected chi connectivity index (χ3v) is 8.03. The number of hydrogen-bond donors (Lipinski definition) is 1. The monoisotopic (exact) mass is 495 g/mol. The molecule has 32 heavy (non-hydrogen) atoms. The van der Waals surface area contributed by atoms with Crippen molar-refractivity contribution in [2.24, 2.45) is 0 Å². The fourth-order valence-corrected chi connectivity index (χ4v) is 5.42. The van der Waals surface area contributed by atoms with Crippen LogP contribution in [0.1, 0.15) is 20.3 Å².